The Labute approximate surface area is 257 Å². The lowest BCUT2D eigenvalue weighted by Crippen LogP contribution is -2.12. The van der Waals surface area contributed by atoms with Crippen molar-refractivity contribution >= 4 is 77.4 Å². The maximum Gasteiger partial charge on any atom is 0.381 e. The normalized spacial score (nSPS) is 11.6. The number of halogens is 3. The maximum atomic E-state index is 5.94. The van der Waals surface area contributed by atoms with E-state index in [1.54, 1.807) is 26.5 Å². The minimum atomic E-state index is -2.92. The van der Waals surface area contributed by atoms with Crippen LogP contribution >= 0.6 is 41.5 Å². The fourth-order valence-electron chi connectivity index (χ4n) is 3.24. The first-order valence-corrected chi connectivity index (χ1v) is 16.1. The van der Waals surface area contributed by atoms with Crippen molar-refractivity contribution in [3.05, 3.63) is 79.9 Å². The van der Waals surface area contributed by atoms with Crippen LogP contribution in [0.5, 0.6) is 5.88 Å². The number of hydrogen-bond donors (Lipinski definition) is 0. The first-order chi connectivity index (χ1) is 18.9. The molecular formula is C28H34Cl3N4O3PS. The number of benzene rings is 2. The van der Waals surface area contributed by atoms with Gasteiger partial charge in [-0.3, -0.25) is 9.05 Å². The third kappa shape index (κ3) is 11.1. The van der Waals surface area contributed by atoms with E-state index in [4.69, 9.17) is 60.2 Å². The van der Waals surface area contributed by atoms with Crippen LogP contribution in [0.1, 0.15) is 36.1 Å². The second kappa shape index (κ2) is 16.4. The lowest BCUT2D eigenvalue weighted by atomic mass is 10.1. The Bertz CT molecular complexity index is 1330. The molecule has 12 heteroatoms. The average Bonchev–Trinajstić information content (AvgIpc) is 2.87. The van der Waals surface area contributed by atoms with Crippen molar-refractivity contribution < 1.29 is 13.6 Å². The third-order valence-corrected chi connectivity index (χ3v) is 8.43. The summed E-state index contributed by atoms with van der Waals surface area (Å²) in [6.45, 7) is 9.68. The number of rotatable bonds is 10. The van der Waals surface area contributed by atoms with Gasteiger partial charge >= 0.3 is 6.72 Å². The molecule has 0 fully saturated rings. The van der Waals surface area contributed by atoms with Crippen molar-refractivity contribution in [2.75, 3.05) is 20.3 Å². The summed E-state index contributed by atoms with van der Waals surface area (Å²) in [4.78, 5) is 14.8. The second-order valence-electron chi connectivity index (χ2n) is 8.66. The van der Waals surface area contributed by atoms with E-state index < -0.39 is 6.72 Å². The molecule has 2 aromatic carbocycles. The summed E-state index contributed by atoms with van der Waals surface area (Å²) in [6.07, 6.45) is 3.56. The molecule has 1 aromatic heterocycles. The molecule has 0 aliphatic rings. The van der Waals surface area contributed by atoms with Crippen molar-refractivity contribution in [2.45, 2.75) is 41.5 Å². The Morgan fingerprint density at radius 3 is 1.73 bits per heavy atom. The maximum absolute atomic E-state index is 5.94. The number of aliphatic imine (C=N–C) groups is 2. The smallest absolute Gasteiger partial charge is 0.381 e. The van der Waals surface area contributed by atoms with Gasteiger partial charge in [-0.2, -0.15) is 4.98 Å². The van der Waals surface area contributed by atoms with E-state index in [2.05, 4.69) is 66.9 Å². The molecule has 0 saturated heterocycles. The highest BCUT2D eigenvalue weighted by Crippen LogP contribution is 2.51. The summed E-state index contributed by atoms with van der Waals surface area (Å²) in [5.41, 5.74) is 6.82. The lowest BCUT2D eigenvalue weighted by molar-refractivity contribution is 0.216. The minimum absolute atomic E-state index is 0.0521. The van der Waals surface area contributed by atoms with E-state index in [1.807, 2.05) is 24.1 Å². The van der Waals surface area contributed by atoms with Crippen LogP contribution in [0.4, 0.5) is 11.4 Å². The van der Waals surface area contributed by atoms with Gasteiger partial charge in [-0.15, -0.1) is 0 Å². The molecule has 40 heavy (non-hydrogen) atoms. The van der Waals surface area contributed by atoms with Gasteiger partial charge in [0.2, 0.25) is 5.88 Å². The van der Waals surface area contributed by atoms with Gasteiger partial charge in [0.1, 0.15) is 5.02 Å². The van der Waals surface area contributed by atoms with Gasteiger partial charge in [0, 0.05) is 18.9 Å². The first-order valence-electron chi connectivity index (χ1n) is 12.4. The minimum Gasteiger partial charge on any atom is -0.404 e. The summed E-state index contributed by atoms with van der Waals surface area (Å²) in [5.74, 6) is 0.0521. The van der Waals surface area contributed by atoms with Gasteiger partial charge in [-0.25, -0.2) is 9.98 Å². The number of aromatic nitrogens is 1. The zero-order valence-electron chi connectivity index (χ0n) is 23.6. The highest BCUT2D eigenvalue weighted by Gasteiger charge is 2.24. The largest absolute Gasteiger partial charge is 0.404 e. The van der Waals surface area contributed by atoms with E-state index in [-0.39, 0.29) is 21.1 Å². The van der Waals surface area contributed by atoms with E-state index in [0.29, 0.717) is 13.2 Å². The van der Waals surface area contributed by atoms with Gasteiger partial charge in [-0.1, -0.05) is 70.2 Å². The van der Waals surface area contributed by atoms with Crippen LogP contribution in [0, 0.1) is 27.7 Å². The Hall–Kier alpha value is -2.03. The molecule has 0 unspecified atom stereocenters. The molecule has 3 rings (SSSR count). The summed E-state index contributed by atoms with van der Waals surface area (Å²) in [6, 6.07) is 13.9. The van der Waals surface area contributed by atoms with Crippen LogP contribution < -0.4 is 4.52 Å². The molecule has 0 saturated carbocycles. The zero-order chi connectivity index (χ0) is 29.9. The van der Waals surface area contributed by atoms with Crippen molar-refractivity contribution in [3.63, 3.8) is 0 Å². The molecule has 0 atom stereocenters. The summed E-state index contributed by atoms with van der Waals surface area (Å²) < 4.78 is 16.1. The first kappa shape index (κ1) is 34.2. The fourth-order valence-corrected chi connectivity index (χ4v) is 5.83. The average molecular weight is 644 g/mol. The van der Waals surface area contributed by atoms with Crippen LogP contribution in [0.3, 0.4) is 0 Å². The Kier molecular flexibility index (Phi) is 14.0. The molecule has 3 aromatic rings. The second-order valence-corrected chi connectivity index (χ2v) is 12.8. The van der Waals surface area contributed by atoms with Crippen LogP contribution in [0.25, 0.3) is 0 Å². The number of pyridine rings is 1. The lowest BCUT2D eigenvalue weighted by Gasteiger charge is -2.20. The van der Waals surface area contributed by atoms with Gasteiger partial charge in [0.15, 0.2) is 5.15 Å². The zero-order valence-corrected chi connectivity index (χ0v) is 27.6. The van der Waals surface area contributed by atoms with Gasteiger partial charge in [-0.05, 0) is 70.9 Å². The van der Waals surface area contributed by atoms with Crippen molar-refractivity contribution in [2.24, 2.45) is 9.98 Å². The molecular weight excluding hydrogens is 610 g/mol. The summed E-state index contributed by atoms with van der Waals surface area (Å²) in [5, 5.41) is 0.499. The van der Waals surface area contributed by atoms with Crippen LogP contribution in [0.2, 0.25) is 15.2 Å². The van der Waals surface area contributed by atoms with Gasteiger partial charge in [0.25, 0.3) is 0 Å². The molecule has 0 aliphatic carbocycles. The molecule has 0 amide bonds. The number of hydrogen-bond acceptors (Lipinski definition) is 7. The molecule has 1 heterocycles. The standard InChI is InChI=1S/C19H23N3.C9H11Cl3NO3PS/c1-14-6-8-18(16(3)10-14)20-12-22(5)13-21-19-9-7-15(2)11-17(19)4;1-3-14-17(18,15-4-2)16-9-7(11)5-6(10)8(12)13-9/h6-13H,1-5H3;5H,3-4H2,1-2H3/b20-12+,21-13+;. The Balaban J connectivity index is 0.000000286. The van der Waals surface area contributed by atoms with Crippen LogP contribution in [-0.2, 0) is 20.9 Å². The van der Waals surface area contributed by atoms with Gasteiger partial charge < -0.3 is 9.42 Å². The van der Waals surface area contributed by atoms with Crippen molar-refractivity contribution in [1.29, 1.82) is 0 Å². The van der Waals surface area contributed by atoms with Crippen LogP contribution in [0.15, 0.2) is 52.4 Å². The molecule has 7 nitrogen and oxygen atoms in total. The van der Waals surface area contributed by atoms with E-state index in [9.17, 15) is 0 Å². The number of aryl methyl sites for hydroxylation is 4. The fraction of sp³-hybridized carbons (Fsp3) is 0.321. The van der Waals surface area contributed by atoms with Crippen LogP contribution in [-0.4, -0.2) is 42.8 Å². The predicted octanol–water partition coefficient (Wildman–Crippen LogP) is 9.59. The molecule has 0 aliphatic heterocycles. The summed E-state index contributed by atoms with van der Waals surface area (Å²) >= 11 is 22.7. The van der Waals surface area contributed by atoms with E-state index in [0.717, 1.165) is 11.4 Å². The van der Waals surface area contributed by atoms with Crippen molar-refractivity contribution in [3.8, 4) is 5.88 Å². The SMILES string of the molecule is CCOP(=S)(OCC)Oc1nc(Cl)c(Cl)cc1Cl.Cc1ccc(/N=C/N(C)/C=N/c2ccc(C)cc2C)c(C)c1. The third-order valence-electron chi connectivity index (χ3n) is 5.09. The highest BCUT2D eigenvalue weighted by atomic mass is 35.5. The molecule has 0 radical (unpaired) electrons. The molecule has 216 valence electrons. The Morgan fingerprint density at radius 1 is 0.825 bits per heavy atom. The quantitative estimate of drug-likeness (QED) is 0.0949. The molecule has 0 bridgehead atoms. The molecule has 0 spiro atoms. The predicted molar refractivity (Wildman–Crippen MR) is 173 cm³/mol. The monoisotopic (exact) mass is 642 g/mol. The highest BCUT2D eigenvalue weighted by molar-refractivity contribution is 8.07. The van der Waals surface area contributed by atoms with Gasteiger partial charge in [0.05, 0.1) is 42.3 Å². The molecule has 0 N–H and O–H groups in total. The van der Waals surface area contributed by atoms with E-state index in [1.165, 1.54) is 28.3 Å². The van der Waals surface area contributed by atoms with Crippen molar-refractivity contribution in [1.82, 2.24) is 9.88 Å². The Morgan fingerprint density at radius 2 is 1.30 bits per heavy atom. The summed E-state index contributed by atoms with van der Waals surface area (Å²) in [7, 11) is 1.93. The number of nitrogens with zero attached hydrogens (tertiary/aromatic N) is 4. The van der Waals surface area contributed by atoms with E-state index >= 15 is 0 Å². The topological polar surface area (TPSA) is 68.5 Å².